The minimum atomic E-state index is -0.182. The van der Waals surface area contributed by atoms with Crippen molar-refractivity contribution in [1.82, 2.24) is 15.0 Å². The number of nitrogens with one attached hydrogen (secondary N) is 1. The molecule has 0 bridgehead atoms. The number of hydrogen-bond donors (Lipinski definition) is 1. The van der Waals surface area contributed by atoms with E-state index < -0.39 is 0 Å². The van der Waals surface area contributed by atoms with E-state index in [4.69, 9.17) is 11.6 Å². The summed E-state index contributed by atoms with van der Waals surface area (Å²) in [5.74, 6) is 1.74. The van der Waals surface area contributed by atoms with Gasteiger partial charge in [-0.2, -0.15) is 4.98 Å². The lowest BCUT2D eigenvalue weighted by molar-refractivity contribution is 0.353. The molecule has 2 aromatic heterocycles. The Morgan fingerprint density at radius 3 is 2.58 bits per heavy atom. The molecule has 1 aliphatic rings. The smallest absolute Gasteiger partial charge is 0.262 e. The number of pyridine rings is 1. The first-order valence-corrected chi connectivity index (χ1v) is 9.29. The number of aromatic nitrogens is 3. The summed E-state index contributed by atoms with van der Waals surface area (Å²) in [6.07, 6.45) is 2.88. The van der Waals surface area contributed by atoms with E-state index in [1.54, 1.807) is 6.20 Å². The molecule has 3 aromatic rings. The average Bonchev–Trinajstić information content (AvgIpc) is 2.61. The van der Waals surface area contributed by atoms with Crippen molar-refractivity contribution >= 4 is 28.6 Å². The maximum Gasteiger partial charge on any atom is 0.262 e. The van der Waals surface area contributed by atoms with Gasteiger partial charge in [-0.15, -0.1) is 0 Å². The van der Waals surface area contributed by atoms with E-state index in [2.05, 4.69) is 33.7 Å². The van der Waals surface area contributed by atoms with E-state index in [9.17, 15) is 4.79 Å². The van der Waals surface area contributed by atoms with Crippen LogP contribution < -0.4 is 10.5 Å². The Morgan fingerprint density at radius 1 is 1.12 bits per heavy atom. The Kier molecular flexibility index (Phi) is 4.41. The number of piperidine rings is 1. The van der Waals surface area contributed by atoms with Gasteiger partial charge in [0, 0.05) is 35.4 Å². The number of aromatic amines is 1. The molecule has 26 heavy (non-hydrogen) atoms. The monoisotopic (exact) mass is 368 g/mol. The van der Waals surface area contributed by atoms with Crippen LogP contribution in [0.25, 0.3) is 22.2 Å². The molecular weight excluding hydrogens is 348 g/mol. The summed E-state index contributed by atoms with van der Waals surface area (Å²) < 4.78 is 0. The van der Waals surface area contributed by atoms with Crippen molar-refractivity contribution in [2.24, 2.45) is 11.8 Å². The highest BCUT2D eigenvalue weighted by Gasteiger charge is 2.24. The quantitative estimate of drug-likeness (QED) is 0.739. The topological polar surface area (TPSA) is 61.9 Å². The van der Waals surface area contributed by atoms with Crippen LogP contribution in [0.2, 0.25) is 5.02 Å². The summed E-state index contributed by atoms with van der Waals surface area (Å²) in [6.45, 7) is 6.25. The molecule has 2 atom stereocenters. The van der Waals surface area contributed by atoms with E-state index in [0.29, 0.717) is 33.8 Å². The number of nitrogens with zero attached hydrogens (tertiary/aromatic N) is 3. The van der Waals surface area contributed by atoms with Crippen molar-refractivity contribution in [3.63, 3.8) is 0 Å². The maximum absolute atomic E-state index is 12.9. The molecule has 0 amide bonds. The predicted molar refractivity (Wildman–Crippen MR) is 106 cm³/mol. The lowest BCUT2D eigenvalue weighted by Crippen LogP contribution is -2.40. The lowest BCUT2D eigenvalue weighted by atomic mass is 9.92. The van der Waals surface area contributed by atoms with E-state index in [0.717, 1.165) is 24.2 Å². The van der Waals surface area contributed by atoms with E-state index in [-0.39, 0.29) is 5.56 Å². The second-order valence-corrected chi connectivity index (χ2v) is 7.68. The Hall–Kier alpha value is -2.40. The number of halogens is 1. The van der Waals surface area contributed by atoms with Crippen LogP contribution in [0.5, 0.6) is 0 Å². The SMILES string of the molecule is CC1CC(C)CN(c2nc3nccc(-c4ccccc4Cl)c3c(=O)[nH]2)C1. The second-order valence-electron chi connectivity index (χ2n) is 7.28. The number of fused-ring (bicyclic) bond motifs is 1. The number of H-pyrrole nitrogens is 1. The molecule has 0 saturated carbocycles. The number of anilines is 1. The van der Waals surface area contributed by atoms with E-state index in [1.807, 2.05) is 30.3 Å². The zero-order valence-electron chi connectivity index (χ0n) is 14.9. The van der Waals surface area contributed by atoms with Gasteiger partial charge in [-0.25, -0.2) is 4.98 Å². The molecular formula is C20H21ClN4O. The molecule has 2 unspecified atom stereocenters. The van der Waals surface area contributed by atoms with Crippen LogP contribution in [0, 0.1) is 11.8 Å². The first-order chi connectivity index (χ1) is 12.5. The Balaban J connectivity index is 1.85. The van der Waals surface area contributed by atoms with Crippen molar-refractivity contribution in [1.29, 1.82) is 0 Å². The summed E-state index contributed by atoms with van der Waals surface area (Å²) in [6, 6.07) is 9.30. The van der Waals surface area contributed by atoms with Crippen LogP contribution in [0.15, 0.2) is 41.3 Å². The third-order valence-electron chi connectivity index (χ3n) is 4.93. The molecule has 1 fully saturated rings. The normalized spacial score (nSPS) is 20.5. The summed E-state index contributed by atoms with van der Waals surface area (Å²) in [5.41, 5.74) is 1.83. The minimum Gasteiger partial charge on any atom is -0.342 e. The number of rotatable bonds is 2. The van der Waals surface area contributed by atoms with E-state index in [1.165, 1.54) is 6.42 Å². The molecule has 1 saturated heterocycles. The van der Waals surface area contributed by atoms with Crippen LogP contribution in [0.1, 0.15) is 20.3 Å². The Morgan fingerprint density at radius 2 is 1.85 bits per heavy atom. The van der Waals surface area contributed by atoms with Gasteiger partial charge in [0.25, 0.3) is 5.56 Å². The molecule has 0 spiro atoms. The van der Waals surface area contributed by atoms with Crippen molar-refractivity contribution in [2.75, 3.05) is 18.0 Å². The molecule has 5 nitrogen and oxygen atoms in total. The zero-order chi connectivity index (χ0) is 18.3. The van der Waals surface area contributed by atoms with Crippen LogP contribution in [0.4, 0.5) is 5.95 Å². The highest BCUT2D eigenvalue weighted by Crippen LogP contribution is 2.31. The van der Waals surface area contributed by atoms with Crippen molar-refractivity contribution in [2.45, 2.75) is 20.3 Å². The van der Waals surface area contributed by atoms with Crippen LogP contribution in [-0.4, -0.2) is 28.0 Å². The van der Waals surface area contributed by atoms with Gasteiger partial charge in [0.05, 0.1) is 5.39 Å². The molecule has 0 radical (unpaired) electrons. The molecule has 0 aliphatic carbocycles. The molecule has 1 aromatic carbocycles. The number of hydrogen-bond acceptors (Lipinski definition) is 4. The predicted octanol–water partition coefficient (Wildman–Crippen LogP) is 4.12. The zero-order valence-corrected chi connectivity index (χ0v) is 15.6. The molecule has 134 valence electrons. The number of benzene rings is 1. The molecule has 3 heterocycles. The van der Waals surface area contributed by atoms with Crippen molar-refractivity contribution in [3.8, 4) is 11.1 Å². The third kappa shape index (κ3) is 3.07. The van der Waals surface area contributed by atoms with Crippen LogP contribution in [-0.2, 0) is 0 Å². The van der Waals surface area contributed by atoms with Crippen molar-refractivity contribution in [3.05, 3.63) is 51.9 Å². The summed E-state index contributed by atoms with van der Waals surface area (Å²) >= 11 is 6.34. The third-order valence-corrected chi connectivity index (χ3v) is 5.26. The Labute approximate surface area is 157 Å². The van der Waals surface area contributed by atoms with Gasteiger partial charge in [0.2, 0.25) is 5.95 Å². The van der Waals surface area contributed by atoms with Gasteiger partial charge in [0.1, 0.15) is 0 Å². The molecule has 1 N–H and O–H groups in total. The Bertz CT molecular complexity index is 1010. The summed E-state index contributed by atoms with van der Waals surface area (Å²) in [4.78, 5) is 27.0. The van der Waals surface area contributed by atoms with Crippen molar-refractivity contribution < 1.29 is 0 Å². The first-order valence-electron chi connectivity index (χ1n) is 8.92. The van der Waals surface area contributed by atoms with E-state index >= 15 is 0 Å². The first kappa shape index (κ1) is 17.0. The molecule has 1 aliphatic heterocycles. The van der Waals surface area contributed by atoms with Gasteiger partial charge in [-0.1, -0.05) is 43.6 Å². The standard InChI is InChI=1S/C20H21ClN4O/c1-12-9-13(2)11-25(10-12)20-23-18-17(19(26)24-20)15(7-8-22-18)14-5-3-4-6-16(14)21/h3-8,12-13H,9-11H2,1-2H3,(H,22,23,24,26). The van der Waals surface area contributed by atoms with Gasteiger partial charge >= 0.3 is 0 Å². The fourth-order valence-corrected chi connectivity index (χ4v) is 4.18. The van der Waals surface area contributed by atoms with Gasteiger partial charge in [-0.05, 0) is 30.4 Å². The highest BCUT2D eigenvalue weighted by atomic mass is 35.5. The largest absolute Gasteiger partial charge is 0.342 e. The molecule has 4 rings (SSSR count). The maximum atomic E-state index is 12.9. The van der Waals surface area contributed by atoms with Crippen LogP contribution in [0.3, 0.4) is 0 Å². The summed E-state index contributed by atoms with van der Waals surface area (Å²) in [5, 5.41) is 1.07. The summed E-state index contributed by atoms with van der Waals surface area (Å²) in [7, 11) is 0. The van der Waals surface area contributed by atoms with Crippen LogP contribution >= 0.6 is 11.6 Å². The molecule has 6 heteroatoms. The lowest BCUT2D eigenvalue weighted by Gasteiger charge is -2.35. The second kappa shape index (κ2) is 6.72. The fourth-order valence-electron chi connectivity index (χ4n) is 3.94. The average molecular weight is 369 g/mol. The fraction of sp³-hybridized carbons (Fsp3) is 0.350. The van der Waals surface area contributed by atoms with Gasteiger partial charge in [0.15, 0.2) is 5.65 Å². The van der Waals surface area contributed by atoms with Gasteiger partial charge < -0.3 is 4.90 Å². The highest BCUT2D eigenvalue weighted by molar-refractivity contribution is 6.33. The minimum absolute atomic E-state index is 0.182. The van der Waals surface area contributed by atoms with Gasteiger partial charge in [-0.3, -0.25) is 9.78 Å².